The number of nitrogens with two attached hydrogens (primary N) is 1. The molecule has 0 spiro atoms. The summed E-state index contributed by atoms with van der Waals surface area (Å²) >= 11 is 5.91. The predicted octanol–water partition coefficient (Wildman–Crippen LogP) is 0.993. The number of fused-ring (bicyclic) bond motifs is 1. The number of nitrogens with one attached hydrogen (secondary N) is 2. The highest BCUT2D eigenvalue weighted by Gasteiger charge is 2.27. The molecule has 0 aromatic heterocycles. The first-order valence-corrected chi connectivity index (χ1v) is 5.08. The van der Waals surface area contributed by atoms with Gasteiger partial charge < -0.3 is 16.4 Å². The maximum atomic E-state index is 11.8. The van der Waals surface area contributed by atoms with Gasteiger partial charge in [-0.25, -0.2) is 0 Å². The maximum absolute atomic E-state index is 11.8. The molecule has 1 unspecified atom stereocenters. The summed E-state index contributed by atoms with van der Waals surface area (Å²) < 4.78 is 0. The van der Waals surface area contributed by atoms with Gasteiger partial charge in [-0.15, -0.1) is 0 Å². The lowest BCUT2D eigenvalue weighted by Gasteiger charge is -2.09. The van der Waals surface area contributed by atoms with E-state index in [1.807, 2.05) is 0 Å². The van der Waals surface area contributed by atoms with Crippen LogP contribution in [0.5, 0.6) is 0 Å². The first-order chi connectivity index (χ1) is 7.50. The highest BCUT2D eigenvalue weighted by Crippen LogP contribution is 2.31. The number of nitrogen functional groups attached to an aromatic ring is 1. The topological polar surface area (TPSA) is 84.2 Å². The van der Waals surface area contributed by atoms with E-state index in [0.717, 1.165) is 0 Å². The quantitative estimate of drug-likeness (QED) is 0.591. The van der Waals surface area contributed by atoms with Crippen LogP contribution in [-0.4, -0.2) is 17.9 Å². The molecule has 1 aromatic carbocycles. The fraction of sp³-hybridized carbons (Fsp3) is 0.200. The Bertz CT molecular complexity index is 487. The number of rotatable bonds is 0. The Morgan fingerprint density at radius 2 is 2.06 bits per heavy atom. The Morgan fingerprint density at radius 3 is 2.75 bits per heavy atom. The van der Waals surface area contributed by atoms with E-state index < -0.39 is 11.9 Å². The molecule has 1 aliphatic rings. The second-order valence-electron chi connectivity index (χ2n) is 3.57. The van der Waals surface area contributed by atoms with Crippen LogP contribution in [0, 0.1) is 0 Å². The van der Waals surface area contributed by atoms with Crippen molar-refractivity contribution in [3.8, 4) is 0 Å². The summed E-state index contributed by atoms with van der Waals surface area (Å²) in [6.07, 6.45) is 0. The number of benzene rings is 1. The minimum absolute atomic E-state index is 0.208. The van der Waals surface area contributed by atoms with Gasteiger partial charge >= 0.3 is 0 Å². The van der Waals surface area contributed by atoms with Crippen molar-refractivity contribution >= 4 is 34.8 Å². The van der Waals surface area contributed by atoms with Crippen LogP contribution in [0.1, 0.15) is 17.3 Å². The van der Waals surface area contributed by atoms with E-state index in [9.17, 15) is 9.59 Å². The molecular formula is C10H10ClN3O2. The molecule has 0 saturated heterocycles. The lowest BCUT2D eigenvalue weighted by molar-refractivity contribution is -0.117. The Labute approximate surface area is 97.0 Å². The van der Waals surface area contributed by atoms with Gasteiger partial charge in [0.15, 0.2) is 0 Å². The number of hydrogen-bond acceptors (Lipinski definition) is 3. The van der Waals surface area contributed by atoms with Crippen LogP contribution >= 0.6 is 11.6 Å². The van der Waals surface area contributed by atoms with Crippen LogP contribution in [0.2, 0.25) is 5.02 Å². The van der Waals surface area contributed by atoms with Gasteiger partial charge in [0.05, 0.1) is 22.0 Å². The molecule has 0 bridgehead atoms. The summed E-state index contributed by atoms with van der Waals surface area (Å²) in [6, 6.07) is 2.46. The Kier molecular flexibility index (Phi) is 2.47. The van der Waals surface area contributed by atoms with Crippen molar-refractivity contribution in [1.29, 1.82) is 0 Å². The maximum Gasteiger partial charge on any atom is 0.255 e. The third-order valence-corrected chi connectivity index (χ3v) is 2.72. The normalized spacial score (nSPS) is 19.5. The fourth-order valence-corrected chi connectivity index (χ4v) is 1.76. The second-order valence-corrected chi connectivity index (χ2v) is 3.98. The van der Waals surface area contributed by atoms with Crippen LogP contribution in [0.25, 0.3) is 0 Å². The smallest absolute Gasteiger partial charge is 0.255 e. The molecule has 1 aliphatic heterocycles. The molecule has 4 N–H and O–H groups in total. The molecule has 84 valence electrons. The number of hydrogen-bond donors (Lipinski definition) is 3. The van der Waals surface area contributed by atoms with Crippen molar-refractivity contribution in [1.82, 2.24) is 5.32 Å². The largest absolute Gasteiger partial charge is 0.397 e. The van der Waals surface area contributed by atoms with Crippen LogP contribution < -0.4 is 16.4 Å². The van der Waals surface area contributed by atoms with E-state index in [0.29, 0.717) is 5.69 Å². The second kappa shape index (κ2) is 3.68. The van der Waals surface area contributed by atoms with Gasteiger partial charge in [0.2, 0.25) is 5.91 Å². The highest BCUT2D eigenvalue weighted by atomic mass is 35.5. The summed E-state index contributed by atoms with van der Waals surface area (Å²) in [5.41, 5.74) is 6.50. The molecule has 1 atom stereocenters. The minimum atomic E-state index is -0.615. The van der Waals surface area contributed by atoms with Crippen molar-refractivity contribution < 1.29 is 9.59 Å². The van der Waals surface area contributed by atoms with Crippen LogP contribution in [0.4, 0.5) is 11.4 Å². The molecule has 1 heterocycles. The molecule has 0 aliphatic carbocycles. The minimum Gasteiger partial charge on any atom is -0.397 e. The van der Waals surface area contributed by atoms with E-state index in [1.54, 1.807) is 13.0 Å². The van der Waals surface area contributed by atoms with Gasteiger partial charge in [-0.2, -0.15) is 0 Å². The fourth-order valence-electron chi connectivity index (χ4n) is 1.52. The molecule has 2 rings (SSSR count). The van der Waals surface area contributed by atoms with Gasteiger partial charge in [-0.1, -0.05) is 11.6 Å². The van der Waals surface area contributed by atoms with Crippen LogP contribution in [0.3, 0.4) is 0 Å². The summed E-state index contributed by atoms with van der Waals surface area (Å²) in [4.78, 5) is 23.4. The van der Waals surface area contributed by atoms with Crippen molar-refractivity contribution in [2.45, 2.75) is 13.0 Å². The molecule has 0 fully saturated rings. The van der Waals surface area contributed by atoms with Gasteiger partial charge in [-0.3, -0.25) is 9.59 Å². The number of carbonyl (C=O) groups excluding carboxylic acids is 2. The van der Waals surface area contributed by atoms with E-state index in [2.05, 4.69) is 10.6 Å². The molecule has 0 saturated carbocycles. The average Bonchev–Trinajstić information content (AvgIpc) is 2.33. The molecule has 5 nitrogen and oxygen atoms in total. The summed E-state index contributed by atoms with van der Waals surface area (Å²) in [5, 5.41) is 5.37. The van der Waals surface area contributed by atoms with Gasteiger partial charge in [0.1, 0.15) is 6.04 Å². The monoisotopic (exact) mass is 239 g/mol. The zero-order chi connectivity index (χ0) is 11.9. The van der Waals surface area contributed by atoms with Gasteiger partial charge in [-0.05, 0) is 19.1 Å². The molecule has 6 heteroatoms. The summed E-state index contributed by atoms with van der Waals surface area (Å²) in [7, 11) is 0. The highest BCUT2D eigenvalue weighted by molar-refractivity contribution is 6.35. The van der Waals surface area contributed by atoms with Crippen molar-refractivity contribution in [2.24, 2.45) is 0 Å². The number of amides is 2. The molecule has 2 amide bonds. The predicted molar refractivity (Wildman–Crippen MR) is 61.4 cm³/mol. The number of carbonyl (C=O) groups is 2. The van der Waals surface area contributed by atoms with Crippen LogP contribution in [0.15, 0.2) is 12.1 Å². The Balaban J connectivity index is 2.64. The van der Waals surface area contributed by atoms with Gasteiger partial charge in [0, 0.05) is 0 Å². The van der Waals surface area contributed by atoms with Crippen molar-refractivity contribution in [3.63, 3.8) is 0 Å². The molecular weight excluding hydrogens is 230 g/mol. The third kappa shape index (κ3) is 1.59. The molecule has 16 heavy (non-hydrogen) atoms. The zero-order valence-corrected chi connectivity index (χ0v) is 9.26. The average molecular weight is 240 g/mol. The number of halogens is 1. The Morgan fingerprint density at radius 1 is 1.38 bits per heavy atom. The first kappa shape index (κ1) is 10.8. The van der Waals surface area contributed by atoms with Crippen molar-refractivity contribution in [3.05, 3.63) is 22.7 Å². The van der Waals surface area contributed by atoms with Crippen molar-refractivity contribution in [2.75, 3.05) is 11.1 Å². The molecule has 0 radical (unpaired) electrons. The standard InChI is InChI=1S/C10H10ClN3O2/c1-4-9(15)14-8-6(12)3-2-5(11)7(8)10(16)13-4/h2-4H,12H2,1H3,(H,13,16)(H,14,15). The zero-order valence-electron chi connectivity index (χ0n) is 8.50. The Hall–Kier alpha value is -1.75. The van der Waals surface area contributed by atoms with Gasteiger partial charge in [0.25, 0.3) is 5.91 Å². The third-order valence-electron chi connectivity index (χ3n) is 2.40. The van der Waals surface area contributed by atoms with E-state index >= 15 is 0 Å². The number of anilines is 2. The van der Waals surface area contributed by atoms with E-state index in [1.165, 1.54) is 6.07 Å². The molecule has 1 aromatic rings. The first-order valence-electron chi connectivity index (χ1n) is 4.70. The SMILES string of the molecule is CC1NC(=O)c2c(Cl)ccc(N)c2NC1=O. The lowest BCUT2D eigenvalue weighted by Crippen LogP contribution is -2.38. The van der Waals surface area contributed by atoms with Crippen LogP contribution in [-0.2, 0) is 4.79 Å². The van der Waals surface area contributed by atoms with E-state index in [-0.39, 0.29) is 22.2 Å². The summed E-state index contributed by atoms with van der Waals surface area (Å²) in [6.45, 7) is 1.59. The lowest BCUT2D eigenvalue weighted by atomic mass is 10.1. The summed E-state index contributed by atoms with van der Waals surface area (Å²) in [5.74, 6) is -0.723. The van der Waals surface area contributed by atoms with E-state index in [4.69, 9.17) is 17.3 Å².